The van der Waals surface area contributed by atoms with E-state index < -0.39 is 0 Å². The molecule has 0 aliphatic carbocycles. The Morgan fingerprint density at radius 1 is 0.913 bits per heavy atom. The lowest BCUT2D eigenvalue weighted by molar-refractivity contribution is 0.0906. The summed E-state index contributed by atoms with van der Waals surface area (Å²) >= 11 is 11.9. The van der Waals surface area contributed by atoms with Gasteiger partial charge in [0.1, 0.15) is 11.4 Å². The van der Waals surface area contributed by atoms with Gasteiger partial charge in [-0.3, -0.25) is 19.0 Å². The summed E-state index contributed by atoms with van der Waals surface area (Å²) in [5.41, 5.74) is 10.7. The lowest BCUT2D eigenvalue weighted by atomic mass is 10.1. The van der Waals surface area contributed by atoms with Crippen molar-refractivity contribution in [2.24, 2.45) is 5.73 Å². The number of fused-ring (bicyclic) bond motifs is 1. The van der Waals surface area contributed by atoms with Crippen LogP contribution in [0.5, 0.6) is 0 Å². The third-order valence-corrected chi connectivity index (χ3v) is 8.59. The molecule has 4 aromatic rings. The maximum absolute atomic E-state index is 12.1. The maximum atomic E-state index is 12.1. The number of rotatable bonds is 13. The number of aromatic nitrogens is 4. The first-order chi connectivity index (χ1) is 21.7. The fraction of sp³-hybridized carbons (Fsp3) is 0.429. The third-order valence-electron chi connectivity index (χ3n) is 8.09. The first kappa shape index (κ1) is 37.3. The summed E-state index contributed by atoms with van der Waals surface area (Å²) in [4.78, 5) is 24.1. The minimum Gasteiger partial charge on any atom is -0.349 e. The summed E-state index contributed by atoms with van der Waals surface area (Å²) in [6.45, 7) is 7.08. The number of nitrogens with two attached hydrogens (primary N) is 1. The number of nitrogens with one attached hydrogen (secondary N) is 1. The standard InChI is InChI=1S/C18H24ClN3O.C17H20ClN3O.ClH/c1-3-4-5-6-16(12-20)22-18(13(2)23)11-17(21-22)14-7-9-15(19)10-8-14;1-2-3-4-5-14-11-19-17(22)16-10-15(20-21(14)16)12-6-8-13(18)9-7-12;/h7-11,16H,3-6,12,20H2,1-2H3;6-10,14H,2-5,11H2,1H3,(H,19,22);1H. The molecule has 0 fully saturated rings. The smallest absolute Gasteiger partial charge is 0.269 e. The van der Waals surface area contributed by atoms with Crippen molar-refractivity contribution in [3.8, 4) is 22.5 Å². The summed E-state index contributed by atoms with van der Waals surface area (Å²) in [5.74, 6) is -0.0360. The highest BCUT2D eigenvalue weighted by Crippen LogP contribution is 2.28. The van der Waals surface area contributed by atoms with Crippen molar-refractivity contribution in [3.05, 3.63) is 82.1 Å². The molecule has 0 bridgehead atoms. The Morgan fingerprint density at radius 3 is 2.02 bits per heavy atom. The van der Waals surface area contributed by atoms with E-state index in [4.69, 9.17) is 28.9 Å². The molecule has 248 valence electrons. The Bertz CT molecular complexity index is 1550. The summed E-state index contributed by atoms with van der Waals surface area (Å²) in [7, 11) is 0. The molecule has 2 atom stereocenters. The van der Waals surface area contributed by atoms with E-state index in [1.165, 1.54) is 12.8 Å². The molecule has 0 radical (unpaired) electrons. The molecule has 0 spiro atoms. The fourth-order valence-electron chi connectivity index (χ4n) is 5.51. The first-order valence-electron chi connectivity index (χ1n) is 16.0. The predicted molar refractivity (Wildman–Crippen MR) is 190 cm³/mol. The van der Waals surface area contributed by atoms with E-state index in [-0.39, 0.29) is 36.2 Å². The van der Waals surface area contributed by atoms with Crippen LogP contribution in [0.4, 0.5) is 0 Å². The molecule has 11 heteroatoms. The van der Waals surface area contributed by atoms with Gasteiger partial charge in [0.05, 0.1) is 23.5 Å². The topological polar surface area (TPSA) is 108 Å². The van der Waals surface area contributed by atoms with Gasteiger partial charge in [0.2, 0.25) is 0 Å². The van der Waals surface area contributed by atoms with E-state index in [0.29, 0.717) is 34.5 Å². The number of ketones is 1. The number of hydrogen-bond acceptors (Lipinski definition) is 5. The normalized spacial score (nSPS) is 14.4. The van der Waals surface area contributed by atoms with Crippen molar-refractivity contribution in [1.82, 2.24) is 24.9 Å². The Kier molecular flexibility index (Phi) is 14.8. The van der Waals surface area contributed by atoms with E-state index in [0.717, 1.165) is 61.0 Å². The quantitative estimate of drug-likeness (QED) is 0.108. The third kappa shape index (κ3) is 9.67. The Balaban J connectivity index is 0.000000245. The molecule has 8 nitrogen and oxygen atoms in total. The summed E-state index contributed by atoms with van der Waals surface area (Å²) < 4.78 is 3.71. The van der Waals surface area contributed by atoms with Crippen LogP contribution >= 0.6 is 35.6 Å². The van der Waals surface area contributed by atoms with Gasteiger partial charge in [-0.1, -0.05) is 99.8 Å². The van der Waals surface area contributed by atoms with E-state index in [1.807, 2.05) is 70.0 Å². The molecule has 1 aliphatic rings. The average molecular weight is 688 g/mol. The van der Waals surface area contributed by atoms with Gasteiger partial charge in [-0.05, 0) is 49.2 Å². The number of unbranched alkanes of at least 4 members (excludes halogenated alkanes) is 4. The Hall–Kier alpha value is -3.17. The highest BCUT2D eigenvalue weighted by atomic mass is 35.5. The van der Waals surface area contributed by atoms with Crippen molar-refractivity contribution in [3.63, 3.8) is 0 Å². The molecule has 3 N–H and O–H groups in total. The summed E-state index contributed by atoms with van der Waals surface area (Å²) in [6.07, 6.45) is 8.96. The van der Waals surface area contributed by atoms with Crippen molar-refractivity contribution < 1.29 is 9.59 Å². The van der Waals surface area contributed by atoms with Crippen LogP contribution in [0.2, 0.25) is 10.0 Å². The van der Waals surface area contributed by atoms with Gasteiger partial charge in [-0.25, -0.2) is 0 Å². The van der Waals surface area contributed by atoms with Gasteiger partial charge in [-0.15, -0.1) is 12.4 Å². The minimum absolute atomic E-state index is 0. The molecule has 2 unspecified atom stereocenters. The van der Waals surface area contributed by atoms with E-state index in [1.54, 1.807) is 6.92 Å². The molecule has 46 heavy (non-hydrogen) atoms. The van der Waals surface area contributed by atoms with Crippen LogP contribution in [0, 0.1) is 0 Å². The molecule has 5 rings (SSSR count). The lowest BCUT2D eigenvalue weighted by Crippen LogP contribution is -2.39. The number of carbonyl (C=O) groups is 2. The van der Waals surface area contributed by atoms with Crippen LogP contribution in [0.3, 0.4) is 0 Å². The van der Waals surface area contributed by atoms with Crippen molar-refractivity contribution in [2.75, 3.05) is 13.1 Å². The van der Waals surface area contributed by atoms with E-state index in [2.05, 4.69) is 29.4 Å². The fourth-order valence-corrected chi connectivity index (χ4v) is 5.77. The van der Waals surface area contributed by atoms with Crippen LogP contribution in [0.15, 0.2) is 60.7 Å². The van der Waals surface area contributed by atoms with Gasteiger partial charge in [0, 0.05) is 41.2 Å². The monoisotopic (exact) mass is 686 g/mol. The highest BCUT2D eigenvalue weighted by molar-refractivity contribution is 6.30. The second-order valence-electron chi connectivity index (χ2n) is 11.5. The van der Waals surface area contributed by atoms with Crippen LogP contribution in [0.1, 0.15) is 105 Å². The van der Waals surface area contributed by atoms with Gasteiger partial charge in [-0.2, -0.15) is 10.2 Å². The number of nitrogens with zero attached hydrogens (tertiary/aromatic N) is 4. The zero-order chi connectivity index (χ0) is 32.3. The van der Waals surface area contributed by atoms with E-state index in [9.17, 15) is 9.59 Å². The molecule has 2 aromatic heterocycles. The molecular formula is C35H45Cl3N6O2. The number of halogens is 3. The number of hydrogen-bond donors (Lipinski definition) is 2. The lowest BCUT2D eigenvalue weighted by Gasteiger charge is -2.24. The molecule has 3 heterocycles. The molecular weight excluding hydrogens is 643 g/mol. The van der Waals surface area contributed by atoms with Crippen LogP contribution in [-0.2, 0) is 0 Å². The van der Waals surface area contributed by atoms with Crippen molar-refractivity contribution in [1.29, 1.82) is 0 Å². The van der Waals surface area contributed by atoms with Gasteiger partial charge < -0.3 is 11.1 Å². The van der Waals surface area contributed by atoms with Crippen molar-refractivity contribution >= 4 is 47.3 Å². The number of carbonyl (C=O) groups excluding carboxylic acids is 2. The predicted octanol–water partition coefficient (Wildman–Crippen LogP) is 8.98. The average Bonchev–Trinajstić information content (AvgIpc) is 3.69. The first-order valence-corrected chi connectivity index (χ1v) is 16.7. The molecule has 0 saturated heterocycles. The highest BCUT2D eigenvalue weighted by Gasteiger charge is 2.27. The van der Waals surface area contributed by atoms with Gasteiger partial charge in [0.25, 0.3) is 5.91 Å². The number of Topliss-reactive ketones (excluding diaryl/α,β-unsaturated/α-hetero) is 1. The van der Waals surface area contributed by atoms with Crippen LogP contribution in [-0.4, -0.2) is 44.3 Å². The zero-order valence-electron chi connectivity index (χ0n) is 26.8. The van der Waals surface area contributed by atoms with Crippen molar-refractivity contribution in [2.45, 2.75) is 84.2 Å². The molecule has 2 aromatic carbocycles. The summed E-state index contributed by atoms with van der Waals surface area (Å²) in [6, 6.07) is 19.0. The molecule has 1 aliphatic heterocycles. The molecule has 1 amide bonds. The van der Waals surface area contributed by atoms with E-state index >= 15 is 0 Å². The van der Waals surface area contributed by atoms with Gasteiger partial charge in [0.15, 0.2) is 5.78 Å². The Labute approximate surface area is 288 Å². The minimum atomic E-state index is -0.0422. The van der Waals surface area contributed by atoms with Gasteiger partial charge >= 0.3 is 0 Å². The number of benzene rings is 2. The zero-order valence-corrected chi connectivity index (χ0v) is 29.2. The second kappa shape index (κ2) is 18.2. The summed E-state index contributed by atoms with van der Waals surface area (Å²) in [5, 5.41) is 13.7. The second-order valence-corrected chi connectivity index (χ2v) is 12.4. The van der Waals surface area contributed by atoms with Crippen LogP contribution < -0.4 is 11.1 Å². The SMILES string of the molecule is CCCCCC(CN)n1nc(-c2ccc(Cl)cc2)cc1C(C)=O.CCCCCC1CNC(=O)c2cc(-c3ccc(Cl)cc3)nn21.Cl. The number of amides is 1. The largest absolute Gasteiger partial charge is 0.349 e. The van der Waals surface area contributed by atoms with Crippen LogP contribution in [0.25, 0.3) is 22.5 Å². The maximum Gasteiger partial charge on any atom is 0.269 e. The Morgan fingerprint density at radius 2 is 1.48 bits per heavy atom. The molecule has 0 saturated carbocycles.